The van der Waals surface area contributed by atoms with Crippen LogP contribution in [-0.2, 0) is 11.3 Å². The van der Waals surface area contributed by atoms with Crippen LogP contribution in [0, 0.1) is 0 Å². The van der Waals surface area contributed by atoms with E-state index in [1.165, 1.54) is 6.42 Å². The summed E-state index contributed by atoms with van der Waals surface area (Å²) in [6.07, 6.45) is 4.85. The molecule has 2 amide bonds. The van der Waals surface area contributed by atoms with E-state index in [0.29, 0.717) is 13.0 Å². The molecule has 0 unspecified atom stereocenters. The zero-order valence-corrected chi connectivity index (χ0v) is 12.7. The molecule has 0 bridgehead atoms. The number of carbonyl (C=O) groups is 2. The van der Waals surface area contributed by atoms with E-state index in [1.807, 2.05) is 36.1 Å². The van der Waals surface area contributed by atoms with E-state index in [2.05, 4.69) is 5.32 Å². The van der Waals surface area contributed by atoms with E-state index in [4.69, 9.17) is 0 Å². The Balaban J connectivity index is 1.89. The normalized spacial score (nSPS) is 14.8. The molecule has 21 heavy (non-hydrogen) atoms. The molecule has 4 heteroatoms. The largest absolute Gasteiger partial charge is 0.352 e. The van der Waals surface area contributed by atoms with Gasteiger partial charge in [-0.2, -0.15) is 0 Å². The maximum absolute atomic E-state index is 12.3. The summed E-state index contributed by atoms with van der Waals surface area (Å²) < 4.78 is 0. The van der Waals surface area contributed by atoms with Crippen LogP contribution in [0.25, 0.3) is 0 Å². The topological polar surface area (TPSA) is 49.4 Å². The molecular weight excluding hydrogens is 264 g/mol. The predicted molar refractivity (Wildman–Crippen MR) is 83.0 cm³/mol. The molecular formula is C17H24N2O2. The Labute approximate surface area is 126 Å². The molecule has 0 aliphatic carbocycles. The first-order valence-electron chi connectivity index (χ1n) is 7.85. The molecule has 0 atom stereocenters. The minimum Gasteiger partial charge on any atom is -0.352 e. The number of amides is 2. The molecule has 4 nitrogen and oxygen atoms in total. The van der Waals surface area contributed by atoms with Gasteiger partial charge in [0.15, 0.2) is 0 Å². The highest BCUT2D eigenvalue weighted by Crippen LogP contribution is 2.13. The van der Waals surface area contributed by atoms with Crippen LogP contribution in [-0.4, -0.2) is 29.8 Å². The van der Waals surface area contributed by atoms with Crippen molar-refractivity contribution in [2.45, 2.75) is 45.6 Å². The van der Waals surface area contributed by atoms with Gasteiger partial charge in [0.05, 0.1) is 0 Å². The van der Waals surface area contributed by atoms with Gasteiger partial charge in [0.2, 0.25) is 5.91 Å². The number of piperidine rings is 1. The monoisotopic (exact) mass is 288 g/mol. The lowest BCUT2D eigenvalue weighted by atomic mass is 10.1. The van der Waals surface area contributed by atoms with E-state index in [0.717, 1.165) is 43.5 Å². The van der Waals surface area contributed by atoms with Gasteiger partial charge in [-0.15, -0.1) is 0 Å². The van der Waals surface area contributed by atoms with Crippen molar-refractivity contribution in [2.24, 2.45) is 0 Å². The fourth-order valence-electron chi connectivity index (χ4n) is 2.56. The molecule has 1 saturated heterocycles. The summed E-state index contributed by atoms with van der Waals surface area (Å²) in [4.78, 5) is 25.7. The van der Waals surface area contributed by atoms with Crippen molar-refractivity contribution in [3.05, 3.63) is 35.4 Å². The van der Waals surface area contributed by atoms with Crippen LogP contribution in [0.4, 0.5) is 0 Å². The molecule has 114 valence electrons. The Bertz CT molecular complexity index is 476. The Hall–Kier alpha value is -1.84. The minimum absolute atomic E-state index is 0.0750. The van der Waals surface area contributed by atoms with Gasteiger partial charge < -0.3 is 10.2 Å². The summed E-state index contributed by atoms with van der Waals surface area (Å²) in [5.74, 6) is 0.197. The van der Waals surface area contributed by atoms with E-state index in [9.17, 15) is 9.59 Å². The highest BCUT2D eigenvalue weighted by Gasteiger charge is 2.17. The molecule has 1 heterocycles. The second-order valence-electron chi connectivity index (χ2n) is 5.58. The molecule has 1 aromatic rings. The quantitative estimate of drug-likeness (QED) is 0.905. The fourth-order valence-corrected chi connectivity index (χ4v) is 2.56. The highest BCUT2D eigenvalue weighted by atomic mass is 16.2. The Morgan fingerprint density at radius 3 is 2.38 bits per heavy atom. The number of nitrogens with zero attached hydrogens (tertiary/aromatic N) is 1. The first-order valence-corrected chi connectivity index (χ1v) is 7.85. The van der Waals surface area contributed by atoms with Gasteiger partial charge in [-0.25, -0.2) is 0 Å². The van der Waals surface area contributed by atoms with Crippen molar-refractivity contribution < 1.29 is 9.59 Å². The van der Waals surface area contributed by atoms with Crippen molar-refractivity contribution in [1.29, 1.82) is 0 Å². The third-order valence-corrected chi connectivity index (χ3v) is 3.81. The highest BCUT2D eigenvalue weighted by molar-refractivity contribution is 5.94. The maximum atomic E-state index is 12.3. The van der Waals surface area contributed by atoms with Gasteiger partial charge in [0.25, 0.3) is 5.91 Å². The fraction of sp³-hybridized carbons (Fsp3) is 0.529. The zero-order chi connectivity index (χ0) is 15.1. The Kier molecular flexibility index (Phi) is 5.78. The maximum Gasteiger partial charge on any atom is 0.253 e. The first-order chi connectivity index (χ1) is 10.2. The van der Waals surface area contributed by atoms with Gasteiger partial charge >= 0.3 is 0 Å². The Morgan fingerprint density at radius 1 is 1.10 bits per heavy atom. The van der Waals surface area contributed by atoms with E-state index < -0.39 is 0 Å². The average Bonchev–Trinajstić information content (AvgIpc) is 2.54. The molecule has 0 saturated carbocycles. The summed E-state index contributed by atoms with van der Waals surface area (Å²) in [6.45, 7) is 4.25. The van der Waals surface area contributed by atoms with Gasteiger partial charge in [-0.1, -0.05) is 19.1 Å². The molecule has 1 aliphatic rings. The first kappa shape index (κ1) is 15.5. The number of hydrogen-bond donors (Lipinski definition) is 1. The number of likely N-dealkylation sites (tertiary alicyclic amines) is 1. The summed E-state index contributed by atoms with van der Waals surface area (Å²) in [5, 5.41) is 2.88. The number of benzene rings is 1. The molecule has 2 rings (SSSR count). The van der Waals surface area contributed by atoms with Crippen LogP contribution in [0.2, 0.25) is 0 Å². The van der Waals surface area contributed by atoms with Gasteiger partial charge in [-0.3, -0.25) is 9.59 Å². The minimum atomic E-state index is 0.0750. The Morgan fingerprint density at radius 2 is 1.76 bits per heavy atom. The van der Waals surface area contributed by atoms with Gasteiger partial charge in [0.1, 0.15) is 0 Å². The van der Waals surface area contributed by atoms with Crippen molar-refractivity contribution in [3.63, 3.8) is 0 Å². The van der Waals surface area contributed by atoms with Crippen molar-refractivity contribution in [1.82, 2.24) is 10.2 Å². The lowest BCUT2D eigenvalue weighted by molar-refractivity contribution is -0.121. The molecule has 1 N–H and O–H groups in total. The predicted octanol–water partition coefficient (Wildman–Crippen LogP) is 2.73. The summed E-state index contributed by atoms with van der Waals surface area (Å²) in [5.41, 5.74) is 1.76. The lowest BCUT2D eigenvalue weighted by Crippen LogP contribution is -2.35. The molecule has 1 aliphatic heterocycles. The van der Waals surface area contributed by atoms with Crippen LogP contribution in [0.15, 0.2) is 24.3 Å². The van der Waals surface area contributed by atoms with Crippen LogP contribution < -0.4 is 5.32 Å². The summed E-state index contributed by atoms with van der Waals surface area (Å²) in [6, 6.07) is 7.56. The molecule has 0 spiro atoms. The molecule has 0 radical (unpaired) electrons. The average molecular weight is 288 g/mol. The van der Waals surface area contributed by atoms with Crippen LogP contribution in [0.1, 0.15) is 54.9 Å². The number of rotatable bonds is 5. The lowest BCUT2D eigenvalue weighted by Gasteiger charge is -2.26. The van der Waals surface area contributed by atoms with Crippen molar-refractivity contribution in [2.75, 3.05) is 13.1 Å². The SMILES string of the molecule is CCCC(=O)NCc1ccc(C(=O)N2CCCCC2)cc1. The van der Waals surface area contributed by atoms with E-state index in [-0.39, 0.29) is 11.8 Å². The third kappa shape index (κ3) is 4.59. The van der Waals surface area contributed by atoms with E-state index in [1.54, 1.807) is 0 Å². The van der Waals surface area contributed by atoms with E-state index >= 15 is 0 Å². The van der Waals surface area contributed by atoms with Crippen LogP contribution in [0.3, 0.4) is 0 Å². The van der Waals surface area contributed by atoms with Crippen LogP contribution in [0.5, 0.6) is 0 Å². The third-order valence-electron chi connectivity index (χ3n) is 3.81. The summed E-state index contributed by atoms with van der Waals surface area (Å²) >= 11 is 0. The second-order valence-corrected chi connectivity index (χ2v) is 5.58. The number of nitrogens with one attached hydrogen (secondary N) is 1. The smallest absolute Gasteiger partial charge is 0.253 e. The van der Waals surface area contributed by atoms with Crippen LogP contribution >= 0.6 is 0 Å². The second kappa shape index (κ2) is 7.81. The van der Waals surface area contributed by atoms with Gasteiger partial charge in [-0.05, 0) is 43.4 Å². The van der Waals surface area contributed by atoms with Crippen molar-refractivity contribution in [3.8, 4) is 0 Å². The van der Waals surface area contributed by atoms with Gasteiger partial charge in [0, 0.05) is 31.6 Å². The summed E-state index contributed by atoms with van der Waals surface area (Å²) in [7, 11) is 0. The number of hydrogen-bond acceptors (Lipinski definition) is 2. The standard InChI is InChI=1S/C17H24N2O2/c1-2-6-16(20)18-13-14-7-9-15(10-8-14)17(21)19-11-4-3-5-12-19/h7-10H,2-6,11-13H2,1H3,(H,18,20). The zero-order valence-electron chi connectivity index (χ0n) is 12.7. The number of carbonyl (C=O) groups excluding carboxylic acids is 2. The molecule has 1 aromatic carbocycles. The van der Waals surface area contributed by atoms with Crippen molar-refractivity contribution >= 4 is 11.8 Å². The molecule has 1 fully saturated rings. The molecule has 0 aromatic heterocycles.